The second-order valence-corrected chi connectivity index (χ2v) is 2.75. The van der Waals surface area contributed by atoms with Crippen LogP contribution in [0.5, 0.6) is 0 Å². The molecule has 14 heavy (non-hydrogen) atoms. The van der Waals surface area contributed by atoms with Gasteiger partial charge in [-0.25, -0.2) is 4.98 Å². The first-order valence-corrected chi connectivity index (χ1v) is 4.07. The third kappa shape index (κ3) is 1.54. The molecule has 0 aliphatic heterocycles. The van der Waals surface area contributed by atoms with Gasteiger partial charge >= 0.3 is 0 Å². The summed E-state index contributed by atoms with van der Waals surface area (Å²) < 4.78 is 13.9. The van der Waals surface area contributed by atoms with Gasteiger partial charge in [0.2, 0.25) is 5.95 Å². The normalized spacial score (nSPS) is 10.1. The smallest absolute Gasteiger partial charge is 0.255 e. The maximum Gasteiger partial charge on any atom is 0.255 e. The molecule has 2 aromatic heterocycles. The molecule has 0 radical (unpaired) electrons. The SMILES string of the molecule is O=c1ccccn1-c1ccc(F)nc1. The summed E-state index contributed by atoms with van der Waals surface area (Å²) in [5.74, 6) is -0.558. The summed E-state index contributed by atoms with van der Waals surface area (Å²) in [5, 5.41) is 0. The van der Waals surface area contributed by atoms with Crippen molar-refractivity contribution in [2.45, 2.75) is 0 Å². The molecule has 0 saturated carbocycles. The molecule has 4 heteroatoms. The summed E-state index contributed by atoms with van der Waals surface area (Å²) in [5.41, 5.74) is 0.387. The number of nitrogens with zero attached hydrogens (tertiary/aromatic N) is 2. The molecule has 0 aromatic carbocycles. The maximum atomic E-state index is 12.5. The van der Waals surface area contributed by atoms with E-state index >= 15 is 0 Å². The quantitative estimate of drug-likeness (QED) is 0.636. The topological polar surface area (TPSA) is 34.9 Å². The van der Waals surface area contributed by atoms with Gasteiger partial charge in [0, 0.05) is 12.3 Å². The van der Waals surface area contributed by atoms with Gasteiger partial charge in [0.15, 0.2) is 0 Å². The zero-order chi connectivity index (χ0) is 9.97. The van der Waals surface area contributed by atoms with Crippen molar-refractivity contribution in [3.63, 3.8) is 0 Å². The van der Waals surface area contributed by atoms with E-state index in [4.69, 9.17) is 0 Å². The Labute approximate surface area is 79.5 Å². The van der Waals surface area contributed by atoms with Gasteiger partial charge in [0.05, 0.1) is 11.9 Å². The molecule has 0 aliphatic carbocycles. The number of halogens is 1. The van der Waals surface area contributed by atoms with Crippen LogP contribution in [0.4, 0.5) is 4.39 Å². The Kier molecular flexibility index (Phi) is 2.10. The van der Waals surface area contributed by atoms with Crippen LogP contribution in [0, 0.1) is 5.95 Å². The lowest BCUT2D eigenvalue weighted by molar-refractivity contribution is 0.583. The summed E-state index contributed by atoms with van der Waals surface area (Å²) in [6, 6.07) is 7.53. The van der Waals surface area contributed by atoms with Crippen molar-refractivity contribution in [2.24, 2.45) is 0 Å². The molecule has 0 bridgehead atoms. The summed E-state index contributed by atoms with van der Waals surface area (Å²) >= 11 is 0. The highest BCUT2D eigenvalue weighted by Gasteiger charge is 1.98. The molecule has 0 unspecified atom stereocenters. The van der Waals surface area contributed by atoms with Gasteiger partial charge in [-0.05, 0) is 18.2 Å². The number of hydrogen-bond acceptors (Lipinski definition) is 2. The molecule has 0 atom stereocenters. The Balaban J connectivity index is 2.56. The van der Waals surface area contributed by atoms with E-state index in [1.54, 1.807) is 18.3 Å². The minimum atomic E-state index is -0.558. The van der Waals surface area contributed by atoms with Gasteiger partial charge in [0.25, 0.3) is 5.56 Å². The third-order valence-corrected chi connectivity index (χ3v) is 1.81. The van der Waals surface area contributed by atoms with Crippen LogP contribution in [0.1, 0.15) is 0 Å². The Morgan fingerprint density at radius 3 is 2.71 bits per heavy atom. The summed E-state index contributed by atoms with van der Waals surface area (Å²) in [7, 11) is 0. The molecule has 2 aromatic rings. The first kappa shape index (κ1) is 8.62. The molecule has 0 N–H and O–H groups in total. The van der Waals surface area contributed by atoms with Crippen LogP contribution in [0.2, 0.25) is 0 Å². The average Bonchev–Trinajstić information content (AvgIpc) is 2.20. The molecular formula is C10H7FN2O. The molecule has 0 spiro atoms. The minimum Gasteiger partial charge on any atom is -0.283 e. The summed E-state index contributed by atoms with van der Waals surface area (Å²) in [6.45, 7) is 0. The highest BCUT2D eigenvalue weighted by atomic mass is 19.1. The number of rotatable bonds is 1. The lowest BCUT2D eigenvalue weighted by Crippen LogP contribution is -2.15. The van der Waals surface area contributed by atoms with Crippen LogP contribution < -0.4 is 5.56 Å². The molecule has 70 valence electrons. The van der Waals surface area contributed by atoms with Gasteiger partial charge in [0.1, 0.15) is 0 Å². The zero-order valence-electron chi connectivity index (χ0n) is 7.22. The standard InChI is InChI=1S/C10H7FN2O/c11-9-5-4-8(7-12-9)13-6-2-1-3-10(13)14/h1-7H. The van der Waals surface area contributed by atoms with E-state index in [1.807, 2.05) is 0 Å². The fourth-order valence-electron chi connectivity index (χ4n) is 1.15. The largest absolute Gasteiger partial charge is 0.283 e. The van der Waals surface area contributed by atoms with Gasteiger partial charge in [-0.15, -0.1) is 0 Å². The fraction of sp³-hybridized carbons (Fsp3) is 0. The van der Waals surface area contributed by atoms with Crippen molar-refractivity contribution in [3.05, 3.63) is 59.0 Å². The molecule has 0 amide bonds. The number of aromatic nitrogens is 2. The second kappa shape index (κ2) is 3.41. The molecule has 2 rings (SSSR count). The lowest BCUT2D eigenvalue weighted by atomic mass is 10.4. The Morgan fingerprint density at radius 2 is 2.07 bits per heavy atom. The van der Waals surface area contributed by atoms with Crippen LogP contribution in [0.15, 0.2) is 47.5 Å². The summed E-state index contributed by atoms with van der Waals surface area (Å²) in [4.78, 5) is 14.8. The molecule has 0 saturated heterocycles. The Bertz CT molecular complexity index is 490. The van der Waals surface area contributed by atoms with E-state index in [0.717, 1.165) is 0 Å². The van der Waals surface area contributed by atoms with Crippen molar-refractivity contribution in [1.82, 2.24) is 9.55 Å². The van der Waals surface area contributed by atoms with E-state index in [1.165, 1.54) is 29.0 Å². The van der Waals surface area contributed by atoms with Crippen LogP contribution >= 0.6 is 0 Å². The highest BCUT2D eigenvalue weighted by Crippen LogP contribution is 2.02. The van der Waals surface area contributed by atoms with Crippen molar-refractivity contribution in [2.75, 3.05) is 0 Å². The van der Waals surface area contributed by atoms with Crippen molar-refractivity contribution in [1.29, 1.82) is 0 Å². The number of pyridine rings is 2. The van der Waals surface area contributed by atoms with Crippen LogP contribution in [-0.2, 0) is 0 Å². The van der Waals surface area contributed by atoms with Crippen molar-refractivity contribution >= 4 is 0 Å². The van der Waals surface area contributed by atoms with Crippen LogP contribution in [0.25, 0.3) is 5.69 Å². The molecule has 0 fully saturated rings. The first-order chi connectivity index (χ1) is 6.77. The third-order valence-electron chi connectivity index (χ3n) is 1.81. The molecule has 3 nitrogen and oxygen atoms in total. The van der Waals surface area contributed by atoms with E-state index in [-0.39, 0.29) is 5.56 Å². The monoisotopic (exact) mass is 190 g/mol. The van der Waals surface area contributed by atoms with Gasteiger partial charge in [-0.1, -0.05) is 6.07 Å². The summed E-state index contributed by atoms with van der Waals surface area (Å²) in [6.07, 6.45) is 2.92. The Hall–Kier alpha value is -1.97. The van der Waals surface area contributed by atoms with Gasteiger partial charge in [-0.3, -0.25) is 9.36 Å². The average molecular weight is 190 g/mol. The number of hydrogen-bond donors (Lipinski definition) is 0. The van der Waals surface area contributed by atoms with E-state index in [2.05, 4.69) is 4.98 Å². The zero-order valence-corrected chi connectivity index (χ0v) is 7.22. The Morgan fingerprint density at radius 1 is 1.21 bits per heavy atom. The van der Waals surface area contributed by atoms with Crippen LogP contribution in [-0.4, -0.2) is 9.55 Å². The van der Waals surface area contributed by atoms with E-state index in [9.17, 15) is 9.18 Å². The fourth-order valence-corrected chi connectivity index (χ4v) is 1.15. The molecular weight excluding hydrogens is 183 g/mol. The predicted octanol–water partition coefficient (Wildman–Crippen LogP) is 1.37. The molecule has 0 aliphatic rings. The first-order valence-electron chi connectivity index (χ1n) is 4.07. The van der Waals surface area contributed by atoms with Gasteiger partial charge in [-0.2, -0.15) is 4.39 Å². The van der Waals surface area contributed by atoms with E-state index in [0.29, 0.717) is 5.69 Å². The highest BCUT2D eigenvalue weighted by molar-refractivity contribution is 5.28. The molecule has 2 heterocycles. The lowest BCUT2D eigenvalue weighted by Gasteiger charge is -2.02. The van der Waals surface area contributed by atoms with Crippen LogP contribution in [0.3, 0.4) is 0 Å². The van der Waals surface area contributed by atoms with Crippen molar-refractivity contribution < 1.29 is 4.39 Å². The minimum absolute atomic E-state index is 0.166. The predicted molar refractivity (Wildman–Crippen MR) is 49.8 cm³/mol. The van der Waals surface area contributed by atoms with Gasteiger partial charge < -0.3 is 0 Å². The van der Waals surface area contributed by atoms with E-state index < -0.39 is 5.95 Å². The second-order valence-electron chi connectivity index (χ2n) is 2.75. The maximum absolute atomic E-state index is 12.5. The van der Waals surface area contributed by atoms with Crippen molar-refractivity contribution in [3.8, 4) is 5.69 Å².